The first-order chi connectivity index (χ1) is 8.36. The van der Waals surface area contributed by atoms with E-state index in [2.05, 4.69) is 9.97 Å². The lowest BCUT2D eigenvalue weighted by Gasteiger charge is -1.95. The van der Waals surface area contributed by atoms with Crippen molar-refractivity contribution in [3.63, 3.8) is 0 Å². The molecule has 0 atom stereocenters. The Balaban J connectivity index is 2.54. The van der Waals surface area contributed by atoms with E-state index in [-0.39, 0.29) is 4.90 Å². The van der Waals surface area contributed by atoms with Crippen molar-refractivity contribution >= 4 is 41.7 Å². The average molecular weight is 287 g/mol. The summed E-state index contributed by atoms with van der Waals surface area (Å²) in [5.41, 5.74) is 1.76. The van der Waals surface area contributed by atoms with Gasteiger partial charge in [0.15, 0.2) is 5.58 Å². The fourth-order valence-electron chi connectivity index (χ4n) is 2.06. The van der Waals surface area contributed by atoms with Crippen LogP contribution in [0.5, 0.6) is 0 Å². The highest BCUT2D eigenvalue weighted by molar-refractivity contribution is 8.14. The minimum absolute atomic E-state index is 0.0168. The van der Waals surface area contributed by atoms with E-state index >= 15 is 0 Å². The van der Waals surface area contributed by atoms with Gasteiger partial charge in [0.1, 0.15) is 4.90 Å². The first-order valence-electron chi connectivity index (χ1n) is 4.96. The molecule has 0 aliphatic carbocycles. The van der Waals surface area contributed by atoms with Gasteiger partial charge in [0.2, 0.25) is 0 Å². The summed E-state index contributed by atoms with van der Waals surface area (Å²) in [5.74, 6) is -0.593. The number of aromatic amines is 2. The van der Waals surface area contributed by atoms with E-state index in [0.29, 0.717) is 27.7 Å². The monoisotopic (exact) mass is 286 g/mol. The number of hydrogen-bond donors (Lipinski definition) is 2. The fraction of sp³-hybridized carbons (Fsp3) is 0.100. The minimum atomic E-state index is -3.86. The van der Waals surface area contributed by atoms with Crippen LogP contribution in [0, 0.1) is 6.92 Å². The van der Waals surface area contributed by atoms with Gasteiger partial charge < -0.3 is 9.40 Å². The highest BCUT2D eigenvalue weighted by Crippen LogP contribution is 2.31. The first-order valence-corrected chi connectivity index (χ1v) is 7.27. The summed E-state index contributed by atoms with van der Waals surface area (Å²) in [4.78, 5) is 16.4. The van der Waals surface area contributed by atoms with Gasteiger partial charge in [0.05, 0.1) is 11.0 Å². The fourth-order valence-corrected chi connectivity index (χ4v) is 3.51. The van der Waals surface area contributed by atoms with Crippen molar-refractivity contribution in [3.8, 4) is 0 Å². The molecule has 0 fully saturated rings. The number of hydrogen-bond acceptors (Lipinski definition) is 4. The molecule has 18 heavy (non-hydrogen) atoms. The normalized spacial score (nSPS) is 12.6. The van der Waals surface area contributed by atoms with Gasteiger partial charge in [-0.25, -0.2) is 13.2 Å². The third-order valence-electron chi connectivity index (χ3n) is 2.71. The van der Waals surface area contributed by atoms with E-state index in [1.54, 1.807) is 13.0 Å². The van der Waals surface area contributed by atoms with Crippen molar-refractivity contribution in [1.29, 1.82) is 0 Å². The van der Waals surface area contributed by atoms with E-state index in [9.17, 15) is 13.2 Å². The average Bonchev–Trinajstić information content (AvgIpc) is 2.69. The highest BCUT2D eigenvalue weighted by atomic mass is 35.7. The maximum absolute atomic E-state index is 11.5. The van der Waals surface area contributed by atoms with Crippen LogP contribution >= 0.6 is 10.7 Å². The molecular formula is C10H7ClN2O4S. The maximum atomic E-state index is 11.5. The van der Waals surface area contributed by atoms with E-state index in [0.717, 1.165) is 0 Å². The lowest BCUT2D eigenvalue weighted by Crippen LogP contribution is -1.93. The quantitative estimate of drug-likeness (QED) is 0.667. The predicted octanol–water partition coefficient (Wildman–Crippen LogP) is 1.84. The van der Waals surface area contributed by atoms with Crippen molar-refractivity contribution in [2.24, 2.45) is 0 Å². The van der Waals surface area contributed by atoms with Crippen LogP contribution in [-0.4, -0.2) is 18.4 Å². The van der Waals surface area contributed by atoms with Crippen LogP contribution in [0.4, 0.5) is 0 Å². The summed E-state index contributed by atoms with van der Waals surface area (Å²) >= 11 is 0. The Bertz CT molecular complexity index is 932. The Labute approximate surface area is 105 Å². The topological polar surface area (TPSA) is 95.9 Å². The number of aromatic nitrogens is 2. The summed E-state index contributed by atoms with van der Waals surface area (Å²) in [7, 11) is 1.54. The third kappa shape index (κ3) is 1.55. The van der Waals surface area contributed by atoms with Gasteiger partial charge in [-0.15, -0.1) is 0 Å². The molecule has 94 valence electrons. The molecular weight excluding hydrogens is 280 g/mol. The smallest absolute Gasteiger partial charge is 0.408 e. The Kier molecular flexibility index (Phi) is 2.14. The molecule has 0 radical (unpaired) electrons. The van der Waals surface area contributed by atoms with Gasteiger partial charge in [-0.2, -0.15) is 0 Å². The summed E-state index contributed by atoms with van der Waals surface area (Å²) < 4.78 is 27.9. The lowest BCUT2D eigenvalue weighted by atomic mass is 10.2. The zero-order chi connectivity index (χ0) is 13.1. The van der Waals surface area contributed by atoms with Crippen LogP contribution in [0.3, 0.4) is 0 Å². The summed E-state index contributed by atoms with van der Waals surface area (Å²) in [5, 5.41) is 0.423. The Morgan fingerprint density at radius 2 is 1.94 bits per heavy atom. The number of nitrogens with one attached hydrogen (secondary N) is 2. The molecule has 0 aliphatic rings. The zero-order valence-corrected chi connectivity index (χ0v) is 10.6. The molecule has 2 heterocycles. The second-order valence-corrected chi connectivity index (χ2v) is 6.43. The molecule has 8 heteroatoms. The van der Waals surface area contributed by atoms with Crippen molar-refractivity contribution in [1.82, 2.24) is 9.97 Å². The van der Waals surface area contributed by atoms with Crippen LogP contribution in [0.1, 0.15) is 5.69 Å². The van der Waals surface area contributed by atoms with Crippen molar-refractivity contribution in [2.75, 3.05) is 0 Å². The van der Waals surface area contributed by atoms with Gasteiger partial charge in [-0.1, -0.05) is 0 Å². The summed E-state index contributed by atoms with van der Waals surface area (Å²) in [6, 6.07) is 3.08. The molecule has 2 N–H and O–H groups in total. The lowest BCUT2D eigenvalue weighted by molar-refractivity contribution is 0.555. The van der Waals surface area contributed by atoms with Gasteiger partial charge in [-0.05, 0) is 13.0 Å². The number of H-pyrrole nitrogens is 2. The largest absolute Gasteiger partial charge is 0.417 e. The molecule has 3 rings (SSSR count). The standard InChI is InChI=1S/C10H7ClN2O4S/c1-4-9(18(11,15)16)5-2-7-8(3-6(5)12-4)17-10(14)13-7/h2-3,12H,1H3,(H,13,14). The van der Waals surface area contributed by atoms with Gasteiger partial charge in [0.25, 0.3) is 9.05 Å². The van der Waals surface area contributed by atoms with Gasteiger partial charge in [0, 0.05) is 27.8 Å². The van der Waals surface area contributed by atoms with Crippen LogP contribution in [0.15, 0.2) is 26.2 Å². The number of rotatable bonds is 1. The Morgan fingerprint density at radius 3 is 2.61 bits per heavy atom. The molecule has 0 saturated heterocycles. The number of oxazole rings is 1. The van der Waals surface area contributed by atoms with Crippen LogP contribution in [0.25, 0.3) is 22.0 Å². The Morgan fingerprint density at radius 1 is 1.22 bits per heavy atom. The first kappa shape index (κ1) is 11.4. The minimum Gasteiger partial charge on any atom is -0.408 e. The molecule has 6 nitrogen and oxygen atoms in total. The molecule has 0 saturated carbocycles. The number of halogens is 1. The molecule has 0 amide bonds. The van der Waals surface area contributed by atoms with Crippen molar-refractivity contribution in [3.05, 3.63) is 28.4 Å². The zero-order valence-electron chi connectivity index (χ0n) is 9.07. The van der Waals surface area contributed by atoms with Crippen molar-refractivity contribution < 1.29 is 12.8 Å². The maximum Gasteiger partial charge on any atom is 0.417 e. The van der Waals surface area contributed by atoms with E-state index < -0.39 is 14.8 Å². The van der Waals surface area contributed by atoms with Crippen LogP contribution < -0.4 is 5.76 Å². The molecule has 2 aromatic heterocycles. The molecule has 0 spiro atoms. The van der Waals surface area contributed by atoms with Gasteiger partial charge >= 0.3 is 5.76 Å². The number of aryl methyl sites for hydroxylation is 1. The second-order valence-electron chi connectivity index (χ2n) is 3.93. The van der Waals surface area contributed by atoms with Crippen molar-refractivity contribution in [2.45, 2.75) is 11.8 Å². The number of benzene rings is 1. The van der Waals surface area contributed by atoms with E-state index in [1.165, 1.54) is 6.07 Å². The molecule has 0 bridgehead atoms. The SMILES string of the molecule is Cc1[nH]c2cc3oc(=O)[nH]c3cc2c1S(=O)(=O)Cl. The van der Waals surface area contributed by atoms with E-state index in [4.69, 9.17) is 15.1 Å². The summed E-state index contributed by atoms with van der Waals surface area (Å²) in [6.45, 7) is 1.61. The predicted molar refractivity (Wildman–Crippen MR) is 66.5 cm³/mol. The summed E-state index contributed by atoms with van der Waals surface area (Å²) in [6.07, 6.45) is 0. The molecule has 1 aromatic carbocycles. The van der Waals surface area contributed by atoms with E-state index in [1.807, 2.05) is 0 Å². The second kappa shape index (κ2) is 3.39. The van der Waals surface area contributed by atoms with Crippen LogP contribution in [-0.2, 0) is 9.05 Å². The molecule has 3 aromatic rings. The molecule has 0 unspecified atom stereocenters. The van der Waals surface area contributed by atoms with Gasteiger partial charge in [-0.3, -0.25) is 4.98 Å². The highest BCUT2D eigenvalue weighted by Gasteiger charge is 2.21. The third-order valence-corrected chi connectivity index (χ3v) is 4.19. The van der Waals surface area contributed by atoms with Crippen LogP contribution in [0.2, 0.25) is 0 Å². The molecule has 0 aliphatic heterocycles. The Hall–Kier alpha value is -1.73. The number of fused-ring (bicyclic) bond motifs is 2.